The lowest BCUT2D eigenvalue weighted by molar-refractivity contribution is -0.139. The summed E-state index contributed by atoms with van der Waals surface area (Å²) in [5.41, 5.74) is 8.75. The number of hydrogen-bond donors (Lipinski definition) is 2. The van der Waals surface area contributed by atoms with Crippen LogP contribution in [0.3, 0.4) is 0 Å². The molecular weight excluding hydrogens is 328 g/mol. The van der Waals surface area contributed by atoms with Crippen molar-refractivity contribution in [1.82, 2.24) is 15.3 Å². The minimum Gasteiger partial charge on any atom is -0.346 e. The summed E-state index contributed by atoms with van der Waals surface area (Å²) in [6, 6.07) is 8.23. The van der Waals surface area contributed by atoms with Gasteiger partial charge in [0.05, 0.1) is 6.21 Å². The van der Waals surface area contributed by atoms with Gasteiger partial charge in [-0.05, 0) is 59.2 Å². The molecule has 0 saturated carbocycles. The summed E-state index contributed by atoms with van der Waals surface area (Å²) >= 11 is 0. The molecule has 6 heteroatoms. The number of nitrogens with one attached hydrogen (secondary N) is 2. The van der Waals surface area contributed by atoms with Crippen molar-refractivity contribution in [3.8, 4) is 5.69 Å². The minimum atomic E-state index is -0.780. The lowest BCUT2D eigenvalue weighted by Crippen LogP contribution is -2.41. The van der Waals surface area contributed by atoms with Gasteiger partial charge in [-0.1, -0.05) is 17.7 Å². The molecule has 0 bridgehead atoms. The molecular formula is C20H26N4O2. The predicted molar refractivity (Wildman–Crippen MR) is 104 cm³/mol. The van der Waals surface area contributed by atoms with Crippen LogP contribution in [0, 0.1) is 27.7 Å². The van der Waals surface area contributed by atoms with Crippen LogP contribution >= 0.6 is 0 Å². The number of hydrazone groups is 1. The SMILES string of the molecule is Cc1ccc(-n2c(C)cc(/C=N/NC(=O)C(=O)NC(C)C)c2C)c(C)c1. The topological polar surface area (TPSA) is 75.5 Å². The second-order valence-corrected chi connectivity index (χ2v) is 6.78. The fourth-order valence-electron chi connectivity index (χ4n) is 2.88. The number of carbonyl (C=O) groups excluding carboxylic acids is 2. The fourth-order valence-corrected chi connectivity index (χ4v) is 2.88. The van der Waals surface area contributed by atoms with E-state index in [1.54, 1.807) is 20.1 Å². The van der Waals surface area contributed by atoms with Gasteiger partial charge in [0.15, 0.2) is 0 Å². The van der Waals surface area contributed by atoms with E-state index in [9.17, 15) is 9.59 Å². The molecule has 1 aromatic heterocycles. The van der Waals surface area contributed by atoms with Crippen LogP contribution in [0.2, 0.25) is 0 Å². The van der Waals surface area contributed by atoms with Crippen LogP contribution in [0.1, 0.15) is 41.9 Å². The predicted octanol–water partition coefficient (Wildman–Crippen LogP) is 2.69. The third-order valence-corrected chi connectivity index (χ3v) is 4.06. The van der Waals surface area contributed by atoms with Gasteiger partial charge in [-0.3, -0.25) is 9.59 Å². The van der Waals surface area contributed by atoms with Gasteiger partial charge in [0.25, 0.3) is 0 Å². The monoisotopic (exact) mass is 354 g/mol. The maximum atomic E-state index is 11.7. The molecule has 0 aliphatic heterocycles. The minimum absolute atomic E-state index is 0.103. The number of carbonyl (C=O) groups is 2. The van der Waals surface area contributed by atoms with Crippen LogP contribution in [-0.4, -0.2) is 28.6 Å². The summed E-state index contributed by atoms with van der Waals surface area (Å²) in [4.78, 5) is 23.3. The normalized spacial score (nSPS) is 11.2. The molecule has 0 spiro atoms. The van der Waals surface area contributed by atoms with Gasteiger partial charge in [-0.2, -0.15) is 5.10 Å². The Morgan fingerprint density at radius 2 is 1.77 bits per heavy atom. The lowest BCUT2D eigenvalue weighted by Gasteiger charge is -2.13. The van der Waals surface area contributed by atoms with Crippen LogP contribution in [0.4, 0.5) is 0 Å². The summed E-state index contributed by atoms with van der Waals surface area (Å²) in [5, 5.41) is 6.44. The van der Waals surface area contributed by atoms with Crippen LogP contribution < -0.4 is 10.7 Å². The first-order valence-electron chi connectivity index (χ1n) is 8.61. The molecule has 1 aromatic carbocycles. The highest BCUT2D eigenvalue weighted by atomic mass is 16.2. The van der Waals surface area contributed by atoms with Gasteiger partial charge in [-0.25, -0.2) is 5.43 Å². The van der Waals surface area contributed by atoms with Crippen LogP contribution in [-0.2, 0) is 9.59 Å². The Labute approximate surface area is 154 Å². The van der Waals surface area contributed by atoms with Crippen molar-refractivity contribution in [2.45, 2.75) is 47.6 Å². The van der Waals surface area contributed by atoms with Crippen molar-refractivity contribution in [2.75, 3.05) is 0 Å². The first-order chi connectivity index (χ1) is 12.2. The summed E-state index contributed by atoms with van der Waals surface area (Å²) in [6.45, 7) is 11.8. The second-order valence-electron chi connectivity index (χ2n) is 6.78. The largest absolute Gasteiger partial charge is 0.346 e. The van der Waals surface area contributed by atoms with E-state index < -0.39 is 11.8 Å². The van der Waals surface area contributed by atoms with E-state index in [1.165, 1.54) is 11.1 Å². The van der Waals surface area contributed by atoms with Crippen molar-refractivity contribution in [2.24, 2.45) is 5.10 Å². The zero-order valence-electron chi connectivity index (χ0n) is 16.2. The van der Waals surface area contributed by atoms with Gasteiger partial charge < -0.3 is 9.88 Å². The molecule has 2 rings (SSSR count). The Kier molecular flexibility index (Phi) is 5.97. The summed E-state index contributed by atoms with van der Waals surface area (Å²) < 4.78 is 2.16. The smallest absolute Gasteiger partial charge is 0.329 e. The number of aromatic nitrogens is 1. The first-order valence-corrected chi connectivity index (χ1v) is 8.61. The number of aryl methyl sites for hydroxylation is 3. The quantitative estimate of drug-likeness (QED) is 0.503. The number of amides is 2. The van der Waals surface area contributed by atoms with Crippen LogP contribution in [0.25, 0.3) is 5.69 Å². The third kappa shape index (κ3) is 4.39. The Bertz CT molecular complexity index is 863. The van der Waals surface area contributed by atoms with Crippen molar-refractivity contribution in [1.29, 1.82) is 0 Å². The number of benzene rings is 1. The van der Waals surface area contributed by atoms with E-state index in [0.29, 0.717) is 0 Å². The summed E-state index contributed by atoms with van der Waals surface area (Å²) in [5.74, 6) is -1.48. The van der Waals surface area contributed by atoms with Gasteiger partial charge >= 0.3 is 11.8 Å². The standard InChI is InChI=1S/C20H26N4O2/c1-12(2)22-19(25)20(26)23-21-11-17-10-15(5)24(16(17)6)18-8-7-13(3)9-14(18)4/h7-12H,1-6H3,(H,22,25)(H,23,26)/b21-11+. The van der Waals surface area contributed by atoms with Crippen LogP contribution in [0.15, 0.2) is 29.4 Å². The molecule has 1 heterocycles. The van der Waals surface area contributed by atoms with Crippen molar-refractivity contribution >= 4 is 18.0 Å². The van der Waals surface area contributed by atoms with Crippen molar-refractivity contribution in [3.05, 3.63) is 52.3 Å². The lowest BCUT2D eigenvalue weighted by atomic mass is 10.1. The number of rotatable bonds is 4. The molecule has 2 N–H and O–H groups in total. The molecule has 2 aromatic rings. The van der Waals surface area contributed by atoms with Crippen LogP contribution in [0.5, 0.6) is 0 Å². The van der Waals surface area contributed by atoms with E-state index in [1.807, 2.05) is 19.9 Å². The van der Waals surface area contributed by atoms with Crippen molar-refractivity contribution < 1.29 is 9.59 Å². The maximum Gasteiger partial charge on any atom is 0.329 e. The highest BCUT2D eigenvalue weighted by molar-refractivity contribution is 6.35. The first kappa shape index (κ1) is 19.4. The van der Waals surface area contributed by atoms with E-state index in [0.717, 1.165) is 22.6 Å². The molecule has 26 heavy (non-hydrogen) atoms. The fraction of sp³-hybridized carbons (Fsp3) is 0.350. The van der Waals surface area contributed by atoms with E-state index in [4.69, 9.17) is 0 Å². The second kappa shape index (κ2) is 7.99. The van der Waals surface area contributed by atoms with E-state index in [2.05, 4.69) is 52.5 Å². The number of nitrogens with zero attached hydrogens (tertiary/aromatic N) is 2. The molecule has 6 nitrogen and oxygen atoms in total. The molecule has 0 atom stereocenters. The molecule has 138 valence electrons. The van der Waals surface area contributed by atoms with E-state index in [-0.39, 0.29) is 6.04 Å². The Hall–Kier alpha value is -2.89. The summed E-state index contributed by atoms with van der Waals surface area (Å²) in [7, 11) is 0. The average molecular weight is 354 g/mol. The van der Waals surface area contributed by atoms with Gasteiger partial charge in [0, 0.05) is 28.7 Å². The molecule has 0 aliphatic carbocycles. The Balaban J connectivity index is 2.20. The molecule has 0 saturated heterocycles. The highest BCUT2D eigenvalue weighted by Crippen LogP contribution is 2.23. The maximum absolute atomic E-state index is 11.7. The Morgan fingerprint density at radius 3 is 2.38 bits per heavy atom. The van der Waals surface area contributed by atoms with Gasteiger partial charge in [0.1, 0.15) is 0 Å². The third-order valence-electron chi connectivity index (χ3n) is 4.06. The van der Waals surface area contributed by atoms with Crippen molar-refractivity contribution in [3.63, 3.8) is 0 Å². The molecule has 2 amide bonds. The number of hydrogen-bond acceptors (Lipinski definition) is 3. The average Bonchev–Trinajstić information content (AvgIpc) is 2.81. The van der Waals surface area contributed by atoms with Gasteiger partial charge in [0.2, 0.25) is 0 Å². The van der Waals surface area contributed by atoms with E-state index >= 15 is 0 Å². The zero-order chi connectivity index (χ0) is 19.4. The zero-order valence-corrected chi connectivity index (χ0v) is 16.2. The molecule has 0 aliphatic rings. The molecule has 0 unspecified atom stereocenters. The highest BCUT2D eigenvalue weighted by Gasteiger charge is 2.14. The molecule has 0 radical (unpaired) electrons. The molecule has 0 fully saturated rings. The Morgan fingerprint density at radius 1 is 1.08 bits per heavy atom. The van der Waals surface area contributed by atoms with Gasteiger partial charge in [-0.15, -0.1) is 0 Å². The summed E-state index contributed by atoms with van der Waals surface area (Å²) in [6.07, 6.45) is 1.56.